The Hall–Kier alpha value is -3.03. The summed E-state index contributed by atoms with van der Waals surface area (Å²) in [5, 5.41) is 8.21. The Kier molecular flexibility index (Phi) is 5.06. The lowest BCUT2D eigenvalue weighted by molar-refractivity contribution is -0.130. The van der Waals surface area contributed by atoms with E-state index in [2.05, 4.69) is 10.1 Å². The topological polar surface area (TPSA) is 71.8 Å². The number of furan rings is 2. The van der Waals surface area contributed by atoms with Gasteiger partial charge in [0.25, 0.3) is 5.91 Å². The van der Waals surface area contributed by atoms with E-state index in [-0.39, 0.29) is 17.7 Å². The molecule has 1 aliphatic heterocycles. The van der Waals surface area contributed by atoms with Crippen LogP contribution in [0.25, 0.3) is 11.0 Å². The van der Waals surface area contributed by atoms with Gasteiger partial charge in [-0.05, 0) is 36.4 Å². The summed E-state index contributed by atoms with van der Waals surface area (Å²) in [5.74, 6) is 1.34. The SMILES string of the molecule is O=C(CSc1ncccc1Cl)N1N=C(c2cc3ccccc3o2)CC1c1ccco1. The van der Waals surface area contributed by atoms with Crippen LogP contribution < -0.4 is 0 Å². The van der Waals surface area contributed by atoms with Gasteiger partial charge in [0.05, 0.1) is 17.0 Å². The first kappa shape index (κ1) is 19.0. The Bertz CT molecular complexity index is 1200. The van der Waals surface area contributed by atoms with Gasteiger partial charge in [-0.1, -0.05) is 41.6 Å². The molecule has 1 amide bonds. The quantitative estimate of drug-likeness (QED) is 0.383. The van der Waals surface area contributed by atoms with Gasteiger partial charge in [-0.15, -0.1) is 0 Å². The molecule has 4 heterocycles. The molecule has 0 radical (unpaired) electrons. The third-order valence-electron chi connectivity index (χ3n) is 4.80. The summed E-state index contributed by atoms with van der Waals surface area (Å²) < 4.78 is 11.5. The molecule has 1 unspecified atom stereocenters. The minimum Gasteiger partial charge on any atom is -0.467 e. The summed E-state index contributed by atoms with van der Waals surface area (Å²) >= 11 is 7.44. The molecule has 0 spiro atoms. The van der Waals surface area contributed by atoms with Crippen molar-refractivity contribution in [3.05, 3.63) is 83.6 Å². The van der Waals surface area contributed by atoms with Gasteiger partial charge in [-0.25, -0.2) is 9.99 Å². The van der Waals surface area contributed by atoms with Crippen molar-refractivity contribution in [2.24, 2.45) is 5.10 Å². The van der Waals surface area contributed by atoms with Crippen LogP contribution in [0, 0.1) is 0 Å². The molecule has 4 aromatic rings. The van der Waals surface area contributed by atoms with Crippen LogP contribution in [0.5, 0.6) is 0 Å². The Labute approximate surface area is 181 Å². The molecule has 1 aliphatic rings. The molecule has 0 bridgehead atoms. The number of carbonyl (C=O) groups is 1. The monoisotopic (exact) mass is 437 g/mol. The number of nitrogens with zero attached hydrogens (tertiary/aromatic N) is 3. The van der Waals surface area contributed by atoms with Crippen molar-refractivity contribution in [2.75, 3.05) is 5.75 Å². The summed E-state index contributed by atoms with van der Waals surface area (Å²) in [4.78, 5) is 17.3. The maximum atomic E-state index is 13.0. The number of hydrazone groups is 1. The van der Waals surface area contributed by atoms with E-state index in [1.54, 1.807) is 30.7 Å². The van der Waals surface area contributed by atoms with Crippen molar-refractivity contribution in [1.82, 2.24) is 9.99 Å². The van der Waals surface area contributed by atoms with Crippen LogP contribution in [-0.2, 0) is 4.79 Å². The Morgan fingerprint density at radius 2 is 2.10 bits per heavy atom. The number of rotatable bonds is 5. The zero-order chi connectivity index (χ0) is 20.5. The van der Waals surface area contributed by atoms with E-state index in [0.717, 1.165) is 11.0 Å². The van der Waals surface area contributed by atoms with Crippen molar-refractivity contribution in [3.63, 3.8) is 0 Å². The third-order valence-corrected chi connectivity index (χ3v) is 6.21. The highest BCUT2D eigenvalue weighted by Crippen LogP contribution is 2.35. The number of halogens is 1. The summed E-state index contributed by atoms with van der Waals surface area (Å²) in [6.45, 7) is 0. The number of thioether (sulfide) groups is 1. The first-order chi connectivity index (χ1) is 14.7. The minimum absolute atomic E-state index is 0.158. The fourth-order valence-electron chi connectivity index (χ4n) is 3.39. The predicted octanol–water partition coefficient (Wildman–Crippen LogP) is 5.54. The zero-order valence-corrected chi connectivity index (χ0v) is 17.3. The van der Waals surface area contributed by atoms with Crippen LogP contribution in [0.4, 0.5) is 0 Å². The van der Waals surface area contributed by atoms with Gasteiger partial charge in [0.1, 0.15) is 28.1 Å². The van der Waals surface area contributed by atoms with Crippen molar-refractivity contribution in [2.45, 2.75) is 17.5 Å². The second-order valence-electron chi connectivity index (χ2n) is 6.75. The van der Waals surface area contributed by atoms with E-state index in [0.29, 0.717) is 33.7 Å². The molecular formula is C22H16ClN3O3S. The lowest BCUT2D eigenvalue weighted by Crippen LogP contribution is -2.28. The van der Waals surface area contributed by atoms with Gasteiger partial charge < -0.3 is 8.83 Å². The van der Waals surface area contributed by atoms with Gasteiger partial charge in [0, 0.05) is 18.0 Å². The molecule has 6 nitrogen and oxygen atoms in total. The summed E-state index contributed by atoms with van der Waals surface area (Å²) in [7, 11) is 0. The highest BCUT2D eigenvalue weighted by molar-refractivity contribution is 8.00. The summed E-state index contributed by atoms with van der Waals surface area (Å²) in [6.07, 6.45) is 3.76. The summed E-state index contributed by atoms with van der Waals surface area (Å²) in [6, 6.07) is 16.6. The van der Waals surface area contributed by atoms with Crippen molar-refractivity contribution >= 4 is 46.0 Å². The van der Waals surface area contributed by atoms with Gasteiger partial charge in [-0.3, -0.25) is 4.79 Å². The molecule has 0 saturated heterocycles. The lowest BCUT2D eigenvalue weighted by atomic mass is 10.1. The maximum absolute atomic E-state index is 13.0. The number of hydrogen-bond acceptors (Lipinski definition) is 6. The number of para-hydroxylation sites is 1. The molecule has 8 heteroatoms. The van der Waals surface area contributed by atoms with Crippen molar-refractivity contribution < 1.29 is 13.6 Å². The Balaban J connectivity index is 1.42. The predicted molar refractivity (Wildman–Crippen MR) is 116 cm³/mol. The standard InChI is InChI=1S/C22H16ClN3O3S/c23-15-6-3-9-24-22(15)30-13-21(27)26-17(19-8-4-10-28-19)12-16(25-26)20-11-14-5-1-2-7-18(14)29-20/h1-11,17H,12-13H2. The number of amides is 1. The van der Waals surface area contributed by atoms with E-state index >= 15 is 0 Å². The van der Waals surface area contributed by atoms with E-state index < -0.39 is 0 Å². The first-order valence-electron chi connectivity index (χ1n) is 9.34. The molecule has 5 rings (SSSR count). The fourth-order valence-corrected chi connectivity index (χ4v) is 4.41. The number of benzene rings is 1. The van der Waals surface area contributed by atoms with Gasteiger partial charge in [0.15, 0.2) is 5.76 Å². The molecule has 0 saturated carbocycles. The molecule has 1 aromatic carbocycles. The maximum Gasteiger partial charge on any atom is 0.253 e. The van der Waals surface area contributed by atoms with Gasteiger partial charge in [-0.2, -0.15) is 5.10 Å². The van der Waals surface area contributed by atoms with Crippen LogP contribution in [0.3, 0.4) is 0 Å². The number of hydrogen-bond donors (Lipinski definition) is 0. The lowest BCUT2D eigenvalue weighted by Gasteiger charge is -2.19. The highest BCUT2D eigenvalue weighted by atomic mass is 35.5. The van der Waals surface area contributed by atoms with Crippen molar-refractivity contribution in [1.29, 1.82) is 0 Å². The van der Waals surface area contributed by atoms with Crippen LogP contribution in [0.1, 0.15) is 24.0 Å². The molecular weight excluding hydrogens is 422 g/mol. The number of pyridine rings is 1. The molecule has 30 heavy (non-hydrogen) atoms. The number of fused-ring (bicyclic) bond motifs is 1. The smallest absolute Gasteiger partial charge is 0.253 e. The zero-order valence-electron chi connectivity index (χ0n) is 15.7. The van der Waals surface area contributed by atoms with E-state index in [4.69, 9.17) is 20.4 Å². The largest absolute Gasteiger partial charge is 0.467 e. The minimum atomic E-state index is -0.324. The second kappa shape index (κ2) is 8.01. The van der Waals surface area contributed by atoms with E-state index in [9.17, 15) is 4.79 Å². The Morgan fingerprint density at radius 1 is 1.20 bits per heavy atom. The number of carbonyl (C=O) groups excluding carboxylic acids is 1. The van der Waals surface area contributed by atoms with E-state index in [1.807, 2.05) is 36.4 Å². The average molecular weight is 438 g/mol. The molecule has 150 valence electrons. The van der Waals surface area contributed by atoms with Crippen LogP contribution in [0.15, 0.2) is 86.0 Å². The fraction of sp³-hybridized carbons (Fsp3) is 0.136. The first-order valence-corrected chi connectivity index (χ1v) is 10.7. The summed E-state index contributed by atoms with van der Waals surface area (Å²) in [5.41, 5.74) is 1.50. The molecule has 3 aromatic heterocycles. The number of aromatic nitrogens is 1. The third kappa shape index (κ3) is 3.62. The van der Waals surface area contributed by atoms with Crippen LogP contribution >= 0.6 is 23.4 Å². The highest BCUT2D eigenvalue weighted by Gasteiger charge is 2.36. The van der Waals surface area contributed by atoms with Crippen LogP contribution in [0.2, 0.25) is 5.02 Å². The second-order valence-corrected chi connectivity index (χ2v) is 8.12. The van der Waals surface area contributed by atoms with Crippen LogP contribution in [-0.4, -0.2) is 27.4 Å². The van der Waals surface area contributed by atoms with Crippen molar-refractivity contribution in [3.8, 4) is 0 Å². The van der Waals surface area contributed by atoms with E-state index in [1.165, 1.54) is 16.8 Å². The molecule has 0 N–H and O–H groups in total. The normalized spacial score (nSPS) is 16.2. The van der Waals surface area contributed by atoms with Gasteiger partial charge in [0.2, 0.25) is 0 Å². The Morgan fingerprint density at radius 3 is 2.90 bits per heavy atom. The molecule has 1 atom stereocenters. The van der Waals surface area contributed by atoms with Gasteiger partial charge >= 0.3 is 0 Å². The average Bonchev–Trinajstić information content (AvgIpc) is 3.51. The molecule has 0 fully saturated rings. The molecule has 0 aliphatic carbocycles.